The maximum absolute atomic E-state index is 10.5. The predicted octanol–water partition coefficient (Wildman–Crippen LogP) is 2.80. The molecule has 1 atom stereocenters. The number of benzene rings is 1. The topological polar surface area (TPSA) is 41.3 Å². The van der Waals surface area contributed by atoms with Crippen LogP contribution in [0.25, 0.3) is 0 Å². The Hall–Kier alpha value is -1.65. The molecule has 3 rings (SSSR count). The van der Waals surface area contributed by atoms with Crippen molar-refractivity contribution >= 4 is 0 Å². The molecule has 1 fully saturated rings. The molecule has 124 valence electrons. The summed E-state index contributed by atoms with van der Waals surface area (Å²) in [6.07, 6.45) is 8.20. The molecule has 0 amide bonds. The summed E-state index contributed by atoms with van der Waals surface area (Å²) >= 11 is 0. The van der Waals surface area contributed by atoms with Gasteiger partial charge < -0.3 is 10.0 Å². The summed E-state index contributed by atoms with van der Waals surface area (Å²) in [5.74, 6) is 0.395. The Bertz CT molecular complexity index is 588. The summed E-state index contributed by atoms with van der Waals surface area (Å²) in [6, 6.07) is 10.1. The van der Waals surface area contributed by atoms with E-state index in [1.165, 1.54) is 12.0 Å². The first kappa shape index (κ1) is 16.2. The van der Waals surface area contributed by atoms with Gasteiger partial charge in [-0.15, -0.1) is 0 Å². The van der Waals surface area contributed by atoms with Crippen molar-refractivity contribution in [2.24, 2.45) is 13.0 Å². The van der Waals surface area contributed by atoms with Gasteiger partial charge in [0.2, 0.25) is 0 Å². The molecule has 1 unspecified atom stereocenters. The number of aromatic nitrogens is 2. The predicted molar refractivity (Wildman–Crippen MR) is 92.1 cm³/mol. The first-order chi connectivity index (χ1) is 11.2. The third-order valence-corrected chi connectivity index (χ3v) is 4.92. The highest BCUT2D eigenvalue weighted by atomic mass is 16.3. The van der Waals surface area contributed by atoms with Gasteiger partial charge in [-0.1, -0.05) is 30.3 Å². The Morgan fingerprint density at radius 2 is 1.96 bits per heavy atom. The van der Waals surface area contributed by atoms with Gasteiger partial charge in [-0.2, -0.15) is 5.10 Å². The molecule has 0 spiro atoms. The normalized spacial score (nSPS) is 18.2. The van der Waals surface area contributed by atoms with E-state index in [4.69, 9.17) is 0 Å². The first-order valence-electron chi connectivity index (χ1n) is 8.65. The van der Waals surface area contributed by atoms with E-state index in [1.807, 2.05) is 48.3 Å². The van der Waals surface area contributed by atoms with E-state index in [0.717, 1.165) is 44.5 Å². The van der Waals surface area contributed by atoms with E-state index in [2.05, 4.69) is 16.2 Å². The van der Waals surface area contributed by atoms with Crippen LogP contribution >= 0.6 is 0 Å². The maximum atomic E-state index is 10.5. The number of aliphatic hydroxyl groups excluding tert-OH is 1. The monoisotopic (exact) mass is 313 g/mol. The lowest BCUT2D eigenvalue weighted by molar-refractivity contribution is 0.0586. The lowest BCUT2D eigenvalue weighted by Gasteiger charge is -2.34. The number of aliphatic hydroxyl groups is 1. The molecule has 4 heteroatoms. The fraction of sp³-hybridized carbons (Fsp3) is 0.526. The first-order valence-corrected chi connectivity index (χ1v) is 8.65. The number of aryl methyl sites for hydroxylation is 2. The van der Waals surface area contributed by atoms with Crippen molar-refractivity contribution in [3.63, 3.8) is 0 Å². The van der Waals surface area contributed by atoms with Crippen LogP contribution < -0.4 is 0 Å². The van der Waals surface area contributed by atoms with Crippen LogP contribution in [0.3, 0.4) is 0 Å². The SMILES string of the molecule is Cn1cc(CCCN2CCC(C(O)c3ccccc3)CC2)cn1. The van der Waals surface area contributed by atoms with Crippen LogP contribution in [0.4, 0.5) is 0 Å². The Morgan fingerprint density at radius 1 is 1.22 bits per heavy atom. The van der Waals surface area contributed by atoms with E-state index >= 15 is 0 Å². The fourth-order valence-corrected chi connectivity index (χ4v) is 3.52. The Balaban J connectivity index is 1.40. The summed E-state index contributed by atoms with van der Waals surface area (Å²) in [7, 11) is 1.96. The van der Waals surface area contributed by atoms with Crippen molar-refractivity contribution in [3.8, 4) is 0 Å². The van der Waals surface area contributed by atoms with Gasteiger partial charge in [-0.05, 0) is 62.4 Å². The number of likely N-dealkylation sites (tertiary alicyclic amines) is 1. The molecule has 0 bridgehead atoms. The summed E-state index contributed by atoms with van der Waals surface area (Å²) in [4.78, 5) is 2.53. The lowest BCUT2D eigenvalue weighted by atomic mass is 9.87. The molecule has 0 radical (unpaired) electrons. The molecule has 1 N–H and O–H groups in total. The molecule has 1 aromatic heterocycles. The molecule has 0 saturated carbocycles. The van der Waals surface area contributed by atoms with Crippen molar-refractivity contribution in [1.29, 1.82) is 0 Å². The molecule has 1 saturated heterocycles. The number of nitrogens with zero attached hydrogens (tertiary/aromatic N) is 3. The van der Waals surface area contributed by atoms with Crippen LogP contribution in [0.15, 0.2) is 42.7 Å². The molecule has 1 aromatic carbocycles. The average Bonchev–Trinajstić information content (AvgIpc) is 3.01. The van der Waals surface area contributed by atoms with E-state index < -0.39 is 0 Å². The maximum Gasteiger partial charge on any atom is 0.0819 e. The molecule has 23 heavy (non-hydrogen) atoms. The van der Waals surface area contributed by atoms with Gasteiger partial charge in [0.1, 0.15) is 0 Å². The Kier molecular flexibility index (Phi) is 5.47. The van der Waals surface area contributed by atoms with Gasteiger partial charge in [0.15, 0.2) is 0 Å². The fourth-order valence-electron chi connectivity index (χ4n) is 3.52. The van der Waals surface area contributed by atoms with Gasteiger partial charge in [-0.25, -0.2) is 0 Å². The number of hydrogen-bond acceptors (Lipinski definition) is 3. The van der Waals surface area contributed by atoms with E-state index in [0.29, 0.717) is 5.92 Å². The third kappa shape index (κ3) is 4.43. The van der Waals surface area contributed by atoms with Crippen molar-refractivity contribution in [3.05, 3.63) is 53.9 Å². The average molecular weight is 313 g/mol. The standard InChI is InChI=1S/C19H27N3O/c1-21-15-16(14-20-21)6-5-11-22-12-9-18(10-13-22)19(23)17-7-3-2-4-8-17/h2-4,7-8,14-15,18-19,23H,5-6,9-13H2,1H3. The zero-order valence-corrected chi connectivity index (χ0v) is 13.9. The molecular formula is C19H27N3O. The van der Waals surface area contributed by atoms with Gasteiger partial charge in [0.05, 0.1) is 12.3 Å². The molecule has 1 aliphatic heterocycles. The molecule has 2 heterocycles. The van der Waals surface area contributed by atoms with Crippen LogP contribution in [-0.4, -0.2) is 39.4 Å². The zero-order valence-electron chi connectivity index (χ0n) is 13.9. The van der Waals surface area contributed by atoms with Crippen molar-refractivity contribution in [1.82, 2.24) is 14.7 Å². The smallest absolute Gasteiger partial charge is 0.0819 e. The summed E-state index contributed by atoms with van der Waals surface area (Å²) in [5, 5.41) is 14.7. The third-order valence-electron chi connectivity index (χ3n) is 4.92. The van der Waals surface area contributed by atoms with Gasteiger partial charge in [0.25, 0.3) is 0 Å². The molecule has 4 nitrogen and oxygen atoms in total. The number of piperidine rings is 1. The van der Waals surface area contributed by atoms with Crippen LogP contribution in [0.1, 0.15) is 36.5 Å². The minimum atomic E-state index is -0.311. The van der Waals surface area contributed by atoms with E-state index in [-0.39, 0.29) is 6.10 Å². The van der Waals surface area contributed by atoms with E-state index in [9.17, 15) is 5.11 Å². The second kappa shape index (κ2) is 7.75. The largest absolute Gasteiger partial charge is 0.388 e. The van der Waals surface area contributed by atoms with Crippen LogP contribution in [0.2, 0.25) is 0 Å². The Morgan fingerprint density at radius 3 is 2.61 bits per heavy atom. The minimum absolute atomic E-state index is 0.311. The summed E-state index contributed by atoms with van der Waals surface area (Å²) in [6.45, 7) is 3.34. The molecule has 0 aliphatic carbocycles. The second-order valence-corrected chi connectivity index (χ2v) is 6.66. The number of hydrogen-bond donors (Lipinski definition) is 1. The molecule has 1 aliphatic rings. The van der Waals surface area contributed by atoms with Gasteiger partial charge >= 0.3 is 0 Å². The van der Waals surface area contributed by atoms with Gasteiger partial charge in [-0.3, -0.25) is 4.68 Å². The van der Waals surface area contributed by atoms with Gasteiger partial charge in [0, 0.05) is 13.2 Å². The van der Waals surface area contributed by atoms with Crippen molar-refractivity contribution < 1.29 is 5.11 Å². The van der Waals surface area contributed by atoms with Crippen molar-refractivity contribution in [2.75, 3.05) is 19.6 Å². The van der Waals surface area contributed by atoms with Crippen LogP contribution in [0.5, 0.6) is 0 Å². The lowest BCUT2D eigenvalue weighted by Crippen LogP contribution is -2.36. The number of rotatable bonds is 6. The van der Waals surface area contributed by atoms with E-state index in [1.54, 1.807) is 0 Å². The van der Waals surface area contributed by atoms with Crippen molar-refractivity contribution in [2.45, 2.75) is 31.8 Å². The zero-order chi connectivity index (χ0) is 16.1. The highest BCUT2D eigenvalue weighted by molar-refractivity contribution is 5.18. The van der Waals surface area contributed by atoms with Crippen LogP contribution in [0, 0.1) is 5.92 Å². The highest BCUT2D eigenvalue weighted by Gasteiger charge is 2.25. The Labute approximate surface area is 138 Å². The van der Waals surface area contributed by atoms with Crippen LogP contribution in [-0.2, 0) is 13.5 Å². The molecule has 2 aromatic rings. The summed E-state index contributed by atoms with van der Waals surface area (Å²) < 4.78 is 1.87. The quantitative estimate of drug-likeness (QED) is 0.891. The summed E-state index contributed by atoms with van der Waals surface area (Å²) in [5.41, 5.74) is 2.38. The minimum Gasteiger partial charge on any atom is -0.388 e. The second-order valence-electron chi connectivity index (χ2n) is 6.66. The molecular weight excluding hydrogens is 286 g/mol. The highest BCUT2D eigenvalue weighted by Crippen LogP contribution is 2.30.